The van der Waals surface area contributed by atoms with Crippen molar-refractivity contribution in [2.24, 2.45) is 0 Å². The van der Waals surface area contributed by atoms with Crippen molar-refractivity contribution in [1.82, 2.24) is 19.8 Å². The molecular formula is C12H10N4O4S. The molecule has 0 unspecified atom stereocenters. The number of rotatable bonds is 4. The molecule has 0 amide bonds. The number of nitrogens with one attached hydrogen (secondary N) is 1. The molecule has 0 atom stereocenters. The van der Waals surface area contributed by atoms with E-state index < -0.39 is 10.0 Å². The molecule has 3 aromatic rings. The summed E-state index contributed by atoms with van der Waals surface area (Å²) in [5.41, 5.74) is 0.544. The summed E-state index contributed by atoms with van der Waals surface area (Å²) in [6.45, 7) is 0. The van der Waals surface area contributed by atoms with Crippen LogP contribution in [0.4, 0.5) is 0 Å². The van der Waals surface area contributed by atoms with E-state index in [9.17, 15) is 8.42 Å². The molecule has 0 saturated carbocycles. The molecule has 3 heterocycles. The first-order valence-electron chi connectivity index (χ1n) is 5.89. The second kappa shape index (κ2) is 5.11. The highest BCUT2D eigenvalue weighted by molar-refractivity contribution is 7.89. The molecule has 21 heavy (non-hydrogen) atoms. The van der Waals surface area contributed by atoms with Gasteiger partial charge in [0, 0.05) is 6.20 Å². The van der Waals surface area contributed by atoms with Gasteiger partial charge >= 0.3 is 0 Å². The topological polar surface area (TPSA) is 111 Å². The number of pyridine rings is 1. The Morgan fingerprint density at radius 1 is 1.19 bits per heavy atom. The average Bonchev–Trinajstić information content (AvgIpc) is 3.17. The molecule has 3 rings (SSSR count). The molecule has 3 aromatic heterocycles. The van der Waals surface area contributed by atoms with E-state index in [2.05, 4.69) is 19.8 Å². The average molecular weight is 306 g/mol. The third-order valence-electron chi connectivity index (χ3n) is 2.65. The molecule has 0 saturated heterocycles. The monoisotopic (exact) mass is 306 g/mol. The zero-order chi connectivity index (χ0) is 14.9. The van der Waals surface area contributed by atoms with Crippen LogP contribution in [-0.4, -0.2) is 30.6 Å². The fourth-order valence-electron chi connectivity index (χ4n) is 1.60. The fraction of sp³-hybridized carbons (Fsp3) is 0.0833. The van der Waals surface area contributed by atoms with Gasteiger partial charge in [-0.15, -0.1) is 0 Å². The molecule has 1 N–H and O–H groups in total. The summed E-state index contributed by atoms with van der Waals surface area (Å²) in [5, 5.41) is 3.56. The molecule has 0 spiro atoms. The van der Waals surface area contributed by atoms with Gasteiger partial charge < -0.3 is 8.94 Å². The van der Waals surface area contributed by atoms with Gasteiger partial charge in [-0.2, -0.15) is 4.98 Å². The molecule has 0 fully saturated rings. The van der Waals surface area contributed by atoms with Gasteiger partial charge in [0.15, 0.2) is 5.76 Å². The smallest absolute Gasteiger partial charge is 0.294 e. The lowest BCUT2D eigenvalue weighted by Gasteiger charge is -1.95. The Morgan fingerprint density at radius 3 is 2.76 bits per heavy atom. The van der Waals surface area contributed by atoms with Crippen molar-refractivity contribution < 1.29 is 17.4 Å². The lowest BCUT2D eigenvalue weighted by Crippen LogP contribution is -2.17. The first-order chi connectivity index (χ1) is 10.1. The first-order valence-corrected chi connectivity index (χ1v) is 7.37. The van der Waals surface area contributed by atoms with Crippen molar-refractivity contribution in [3.8, 4) is 23.2 Å². The Morgan fingerprint density at radius 2 is 2.05 bits per heavy atom. The van der Waals surface area contributed by atoms with Crippen LogP contribution in [0.5, 0.6) is 0 Å². The van der Waals surface area contributed by atoms with Gasteiger partial charge in [0.25, 0.3) is 15.9 Å². The molecule has 108 valence electrons. The number of hydrogen-bond acceptors (Lipinski definition) is 7. The Hall–Kier alpha value is -2.52. The minimum atomic E-state index is -3.65. The van der Waals surface area contributed by atoms with E-state index in [1.807, 2.05) is 0 Å². The summed E-state index contributed by atoms with van der Waals surface area (Å²) in [5.74, 6) is 0.534. The summed E-state index contributed by atoms with van der Waals surface area (Å²) in [7, 11) is -2.35. The number of sulfonamides is 1. The quantitative estimate of drug-likeness (QED) is 0.773. The van der Waals surface area contributed by atoms with Crippen molar-refractivity contribution in [1.29, 1.82) is 0 Å². The Balaban J connectivity index is 1.94. The van der Waals surface area contributed by atoms with Gasteiger partial charge in [-0.25, -0.2) is 13.1 Å². The number of nitrogens with zero attached hydrogens (tertiary/aromatic N) is 3. The molecule has 0 aromatic carbocycles. The maximum absolute atomic E-state index is 11.6. The van der Waals surface area contributed by atoms with Crippen molar-refractivity contribution in [3.63, 3.8) is 0 Å². The van der Waals surface area contributed by atoms with E-state index >= 15 is 0 Å². The maximum Gasteiger partial charge on any atom is 0.294 e. The highest BCUT2D eigenvalue weighted by Crippen LogP contribution is 2.24. The van der Waals surface area contributed by atoms with E-state index in [0.29, 0.717) is 11.5 Å². The van der Waals surface area contributed by atoms with Crippen LogP contribution in [-0.2, 0) is 10.0 Å². The van der Waals surface area contributed by atoms with E-state index in [1.165, 1.54) is 19.2 Å². The van der Waals surface area contributed by atoms with Crippen LogP contribution in [0.25, 0.3) is 23.2 Å². The second-order valence-electron chi connectivity index (χ2n) is 3.96. The normalized spacial score (nSPS) is 11.7. The molecule has 0 bridgehead atoms. The minimum absolute atomic E-state index is 0.0770. The standard InChI is InChI=1S/C12H10N4O4S/c1-13-21(17,18)10-6-5-9(19-10)12-15-11(16-20-12)8-4-2-3-7-14-8/h2-7,13H,1H3. The third-order valence-corrected chi connectivity index (χ3v) is 3.93. The SMILES string of the molecule is CNS(=O)(=O)c1ccc(-c2nc(-c3ccccn3)no2)o1. The van der Waals surface area contributed by atoms with Gasteiger partial charge in [-0.05, 0) is 31.3 Å². The third kappa shape index (κ3) is 2.56. The van der Waals surface area contributed by atoms with Gasteiger partial charge in [-0.3, -0.25) is 4.98 Å². The van der Waals surface area contributed by atoms with E-state index in [1.54, 1.807) is 24.4 Å². The molecule has 9 heteroatoms. The summed E-state index contributed by atoms with van der Waals surface area (Å²) in [6, 6.07) is 8.05. The highest BCUT2D eigenvalue weighted by atomic mass is 32.2. The van der Waals surface area contributed by atoms with Gasteiger partial charge in [0.2, 0.25) is 10.9 Å². The molecule has 0 radical (unpaired) electrons. The van der Waals surface area contributed by atoms with Crippen molar-refractivity contribution in [2.45, 2.75) is 5.09 Å². The second-order valence-corrected chi connectivity index (χ2v) is 5.78. The molecule has 0 aliphatic carbocycles. The predicted molar refractivity (Wildman–Crippen MR) is 71.5 cm³/mol. The zero-order valence-electron chi connectivity index (χ0n) is 10.8. The summed E-state index contributed by atoms with van der Waals surface area (Å²) >= 11 is 0. The number of aromatic nitrogens is 3. The van der Waals surface area contributed by atoms with E-state index in [0.717, 1.165) is 0 Å². The van der Waals surface area contributed by atoms with Crippen molar-refractivity contribution >= 4 is 10.0 Å². The van der Waals surface area contributed by atoms with Crippen LogP contribution in [0, 0.1) is 0 Å². The molecule has 8 nitrogen and oxygen atoms in total. The van der Waals surface area contributed by atoms with Crippen LogP contribution in [0.3, 0.4) is 0 Å². The lowest BCUT2D eigenvalue weighted by atomic mass is 10.3. The van der Waals surface area contributed by atoms with Crippen LogP contribution in [0.2, 0.25) is 0 Å². The summed E-state index contributed by atoms with van der Waals surface area (Å²) in [6.07, 6.45) is 1.61. The number of hydrogen-bond donors (Lipinski definition) is 1. The molecular weight excluding hydrogens is 296 g/mol. The van der Waals surface area contributed by atoms with Crippen LogP contribution in [0.1, 0.15) is 0 Å². The zero-order valence-corrected chi connectivity index (χ0v) is 11.7. The van der Waals surface area contributed by atoms with Gasteiger partial charge in [0.05, 0.1) is 0 Å². The number of furan rings is 1. The van der Waals surface area contributed by atoms with Crippen LogP contribution >= 0.6 is 0 Å². The van der Waals surface area contributed by atoms with Gasteiger partial charge in [0.1, 0.15) is 5.69 Å². The maximum atomic E-state index is 11.6. The predicted octanol–water partition coefficient (Wildman–Crippen LogP) is 1.30. The summed E-state index contributed by atoms with van der Waals surface area (Å²) < 4.78 is 35.6. The van der Waals surface area contributed by atoms with E-state index in [-0.39, 0.29) is 16.7 Å². The molecule has 0 aliphatic heterocycles. The largest absolute Gasteiger partial charge is 0.438 e. The van der Waals surface area contributed by atoms with Crippen molar-refractivity contribution in [3.05, 3.63) is 36.5 Å². The van der Waals surface area contributed by atoms with Crippen LogP contribution in [0.15, 0.2) is 50.6 Å². The first kappa shape index (κ1) is 13.5. The van der Waals surface area contributed by atoms with Gasteiger partial charge in [-0.1, -0.05) is 11.2 Å². The minimum Gasteiger partial charge on any atom is -0.438 e. The lowest BCUT2D eigenvalue weighted by molar-refractivity contribution is 0.398. The Labute approximate surface area is 119 Å². The fourth-order valence-corrected chi connectivity index (χ4v) is 2.25. The highest BCUT2D eigenvalue weighted by Gasteiger charge is 2.20. The van der Waals surface area contributed by atoms with E-state index in [4.69, 9.17) is 8.94 Å². The van der Waals surface area contributed by atoms with Crippen LogP contribution < -0.4 is 4.72 Å². The Bertz CT molecular complexity index is 854. The Kier molecular flexibility index (Phi) is 3.28. The van der Waals surface area contributed by atoms with Crippen molar-refractivity contribution in [2.75, 3.05) is 7.05 Å². The molecule has 0 aliphatic rings. The summed E-state index contributed by atoms with van der Waals surface area (Å²) in [4.78, 5) is 8.21.